The van der Waals surface area contributed by atoms with Crippen LogP contribution in [0.2, 0.25) is 0 Å². The quantitative estimate of drug-likeness (QED) is 0.868. The Morgan fingerprint density at radius 1 is 1.45 bits per heavy atom. The number of piperidine rings is 1. The smallest absolute Gasteiger partial charge is 0.143 e. The van der Waals surface area contributed by atoms with Crippen LogP contribution in [0, 0.1) is 0 Å². The fourth-order valence-electron chi connectivity index (χ4n) is 3.03. The van der Waals surface area contributed by atoms with Gasteiger partial charge >= 0.3 is 0 Å². The van der Waals surface area contributed by atoms with E-state index in [0.29, 0.717) is 30.8 Å². The van der Waals surface area contributed by atoms with Crippen molar-refractivity contribution in [2.24, 2.45) is 0 Å². The van der Waals surface area contributed by atoms with Crippen molar-refractivity contribution in [1.82, 2.24) is 14.3 Å². The first-order valence-electron chi connectivity index (χ1n) is 7.71. The molecule has 2 aromatic rings. The van der Waals surface area contributed by atoms with Crippen LogP contribution in [0.5, 0.6) is 5.75 Å². The van der Waals surface area contributed by atoms with Crippen molar-refractivity contribution in [2.45, 2.75) is 25.4 Å². The molecule has 4 nitrogen and oxygen atoms in total. The lowest BCUT2D eigenvalue weighted by Gasteiger charge is -2.35. The third kappa shape index (κ3) is 2.50. The normalized spacial score (nSPS) is 18.5. The van der Waals surface area contributed by atoms with E-state index in [1.54, 1.807) is 12.3 Å². The molecule has 1 aliphatic heterocycles. The van der Waals surface area contributed by atoms with E-state index in [-0.39, 0.29) is 0 Å². The molecule has 0 N–H and O–H groups in total. The van der Waals surface area contributed by atoms with Crippen molar-refractivity contribution in [3.63, 3.8) is 0 Å². The van der Waals surface area contributed by atoms with Crippen molar-refractivity contribution in [3.8, 4) is 5.75 Å². The molecule has 0 bridgehead atoms. The number of likely N-dealkylation sites (tertiary alicyclic amines) is 1. The summed E-state index contributed by atoms with van der Waals surface area (Å²) in [6.07, 6.45) is 6.25. The van der Waals surface area contributed by atoms with Gasteiger partial charge in [0.25, 0.3) is 0 Å². The predicted octanol–water partition coefficient (Wildman–Crippen LogP) is 3.27. The number of hydrogen-bond acceptors (Lipinski definition) is 3. The second kappa shape index (κ2) is 5.72. The number of nitrogens with zero attached hydrogens (tertiary/aromatic N) is 3. The lowest BCUT2D eigenvalue weighted by molar-refractivity contribution is 0.0640. The second-order valence-electron chi connectivity index (χ2n) is 5.87. The van der Waals surface area contributed by atoms with Gasteiger partial charge in [-0.2, -0.15) is 0 Å². The van der Waals surface area contributed by atoms with Gasteiger partial charge < -0.3 is 9.64 Å². The SMILES string of the molecule is C=Cc1cnc2cc(OCC)c(C3(F)CCN(C)CC3)cn12. The van der Waals surface area contributed by atoms with Crippen LogP contribution in [0.25, 0.3) is 11.7 Å². The van der Waals surface area contributed by atoms with E-state index >= 15 is 4.39 Å². The molecule has 1 saturated heterocycles. The van der Waals surface area contributed by atoms with E-state index in [2.05, 4.69) is 16.5 Å². The van der Waals surface area contributed by atoms with Crippen molar-refractivity contribution in [3.05, 3.63) is 36.3 Å². The highest BCUT2D eigenvalue weighted by atomic mass is 19.1. The van der Waals surface area contributed by atoms with Gasteiger partial charge in [0.2, 0.25) is 0 Å². The van der Waals surface area contributed by atoms with Crippen LogP contribution in [0.15, 0.2) is 25.0 Å². The van der Waals surface area contributed by atoms with E-state index in [9.17, 15) is 0 Å². The monoisotopic (exact) mass is 303 g/mol. The predicted molar refractivity (Wildman–Crippen MR) is 86.0 cm³/mol. The molecule has 5 heteroatoms. The Kier molecular flexibility index (Phi) is 3.91. The third-order valence-corrected chi connectivity index (χ3v) is 4.41. The van der Waals surface area contributed by atoms with Gasteiger partial charge in [0, 0.05) is 30.9 Å². The molecule has 0 aromatic carbocycles. The maximum atomic E-state index is 15.6. The molecule has 0 atom stereocenters. The molecule has 3 rings (SSSR count). The summed E-state index contributed by atoms with van der Waals surface area (Å²) < 4.78 is 23.1. The van der Waals surface area contributed by atoms with Crippen molar-refractivity contribution >= 4 is 11.7 Å². The van der Waals surface area contributed by atoms with Crippen LogP contribution in [0.4, 0.5) is 4.39 Å². The average Bonchev–Trinajstić information content (AvgIpc) is 2.92. The van der Waals surface area contributed by atoms with Gasteiger partial charge in [-0.1, -0.05) is 6.58 Å². The molecule has 3 heterocycles. The Morgan fingerprint density at radius 2 is 2.18 bits per heavy atom. The minimum Gasteiger partial charge on any atom is -0.493 e. The largest absolute Gasteiger partial charge is 0.493 e. The average molecular weight is 303 g/mol. The summed E-state index contributed by atoms with van der Waals surface area (Å²) in [5, 5.41) is 0. The molecule has 0 radical (unpaired) electrons. The van der Waals surface area contributed by atoms with Crippen LogP contribution in [0.3, 0.4) is 0 Å². The number of alkyl halides is 1. The highest BCUT2D eigenvalue weighted by Crippen LogP contribution is 2.41. The van der Waals surface area contributed by atoms with Crippen LogP contribution in [-0.4, -0.2) is 41.0 Å². The minimum absolute atomic E-state index is 0.479. The fourth-order valence-corrected chi connectivity index (χ4v) is 3.03. The van der Waals surface area contributed by atoms with Crippen molar-refractivity contribution < 1.29 is 9.13 Å². The van der Waals surface area contributed by atoms with Crippen LogP contribution in [-0.2, 0) is 5.67 Å². The number of imidazole rings is 1. The summed E-state index contributed by atoms with van der Waals surface area (Å²) in [6, 6.07) is 1.82. The van der Waals surface area contributed by atoms with E-state index in [4.69, 9.17) is 4.74 Å². The Balaban J connectivity index is 2.12. The van der Waals surface area contributed by atoms with Crippen LogP contribution in [0.1, 0.15) is 31.0 Å². The Morgan fingerprint density at radius 3 is 2.82 bits per heavy atom. The molecule has 0 unspecified atom stereocenters. The lowest BCUT2D eigenvalue weighted by atomic mass is 9.86. The maximum absolute atomic E-state index is 15.6. The summed E-state index contributed by atoms with van der Waals surface area (Å²) >= 11 is 0. The molecule has 118 valence electrons. The third-order valence-electron chi connectivity index (χ3n) is 4.41. The number of ether oxygens (including phenoxy) is 1. The summed E-state index contributed by atoms with van der Waals surface area (Å²) in [5.74, 6) is 0.600. The van der Waals surface area contributed by atoms with Crippen LogP contribution >= 0.6 is 0 Å². The molecule has 0 saturated carbocycles. The van der Waals surface area contributed by atoms with Gasteiger partial charge in [0.1, 0.15) is 17.1 Å². The number of pyridine rings is 1. The highest BCUT2D eigenvalue weighted by Gasteiger charge is 2.38. The van der Waals surface area contributed by atoms with Gasteiger partial charge in [-0.3, -0.25) is 4.40 Å². The first-order valence-corrected chi connectivity index (χ1v) is 7.71. The van der Waals surface area contributed by atoms with E-state index in [1.807, 2.05) is 30.6 Å². The Hall–Kier alpha value is -1.88. The zero-order valence-corrected chi connectivity index (χ0v) is 13.2. The Labute approximate surface area is 130 Å². The standard InChI is InChI=1S/C17H22FN3O/c1-4-13-11-19-16-10-15(22-5-2)14(12-21(13)16)17(18)6-8-20(3)9-7-17/h4,10-12H,1,5-9H2,2-3H3. The van der Waals surface area contributed by atoms with E-state index in [0.717, 1.165) is 24.4 Å². The summed E-state index contributed by atoms with van der Waals surface area (Å²) in [6.45, 7) is 7.70. The van der Waals surface area contributed by atoms with Crippen molar-refractivity contribution in [1.29, 1.82) is 0 Å². The van der Waals surface area contributed by atoms with Gasteiger partial charge in [0.15, 0.2) is 0 Å². The zero-order chi connectivity index (χ0) is 15.7. The number of aromatic nitrogens is 2. The summed E-state index contributed by atoms with van der Waals surface area (Å²) in [7, 11) is 2.03. The fraction of sp³-hybridized carbons (Fsp3) is 0.471. The Bertz CT molecular complexity index is 687. The molecule has 22 heavy (non-hydrogen) atoms. The maximum Gasteiger partial charge on any atom is 0.143 e. The molecule has 2 aromatic heterocycles. The first kappa shape index (κ1) is 15.0. The zero-order valence-electron chi connectivity index (χ0n) is 13.2. The van der Waals surface area contributed by atoms with Gasteiger partial charge in [-0.05, 0) is 32.9 Å². The number of hydrogen-bond donors (Lipinski definition) is 0. The van der Waals surface area contributed by atoms with Crippen molar-refractivity contribution in [2.75, 3.05) is 26.7 Å². The molecular weight excluding hydrogens is 281 g/mol. The van der Waals surface area contributed by atoms with Crippen LogP contribution < -0.4 is 4.74 Å². The number of fused-ring (bicyclic) bond motifs is 1. The molecule has 0 aliphatic carbocycles. The topological polar surface area (TPSA) is 29.8 Å². The molecule has 1 fully saturated rings. The molecule has 0 spiro atoms. The van der Waals surface area contributed by atoms with E-state index < -0.39 is 5.67 Å². The van der Waals surface area contributed by atoms with Gasteiger partial charge in [-0.15, -0.1) is 0 Å². The first-order chi connectivity index (χ1) is 10.6. The van der Waals surface area contributed by atoms with Gasteiger partial charge in [-0.25, -0.2) is 9.37 Å². The highest BCUT2D eigenvalue weighted by molar-refractivity contribution is 5.56. The molecule has 0 amide bonds. The number of halogens is 1. The lowest BCUT2D eigenvalue weighted by Crippen LogP contribution is -2.38. The minimum atomic E-state index is -1.35. The molecular formula is C17H22FN3O. The number of rotatable bonds is 4. The van der Waals surface area contributed by atoms with Gasteiger partial charge in [0.05, 0.1) is 18.5 Å². The molecule has 1 aliphatic rings. The summed E-state index contributed by atoms with van der Waals surface area (Å²) in [5.41, 5.74) is 0.874. The second-order valence-corrected chi connectivity index (χ2v) is 5.87. The summed E-state index contributed by atoms with van der Waals surface area (Å²) in [4.78, 5) is 6.49. The van der Waals surface area contributed by atoms with E-state index in [1.165, 1.54) is 0 Å².